The molecule has 22 heavy (non-hydrogen) atoms. The second-order valence-corrected chi connectivity index (χ2v) is 6.85. The first kappa shape index (κ1) is 16.7. The molecule has 0 radical (unpaired) electrons. The number of nitrogens with zero attached hydrogens (tertiary/aromatic N) is 1. The fourth-order valence-corrected chi connectivity index (χ4v) is 2.29. The van der Waals surface area contributed by atoms with Gasteiger partial charge in [-0.2, -0.15) is 0 Å². The predicted octanol–water partition coefficient (Wildman–Crippen LogP) is 3.26. The molecular weight excluding hydrogens is 348 g/mol. The van der Waals surface area contributed by atoms with Gasteiger partial charge in [-0.15, -0.1) is 0 Å². The number of carbonyl (C=O) groups excluding carboxylic acids is 1. The molecule has 0 saturated heterocycles. The molecule has 5 nitrogen and oxygen atoms in total. The molecule has 118 valence electrons. The lowest BCUT2D eigenvalue weighted by molar-refractivity contribution is -0.149. The van der Waals surface area contributed by atoms with Gasteiger partial charge in [0.25, 0.3) is 12.2 Å². The van der Waals surface area contributed by atoms with Gasteiger partial charge < -0.3 is 14.8 Å². The number of fused-ring (bicyclic) bond motifs is 1. The van der Waals surface area contributed by atoms with E-state index < -0.39 is 6.29 Å². The van der Waals surface area contributed by atoms with Crippen molar-refractivity contribution in [2.24, 2.45) is 0 Å². The van der Waals surface area contributed by atoms with Crippen LogP contribution in [0, 0.1) is 0 Å². The third-order valence-corrected chi connectivity index (χ3v) is 3.28. The Bertz CT molecular complexity index is 683. The molecule has 0 bridgehead atoms. The summed E-state index contributed by atoms with van der Waals surface area (Å²) in [6, 6.07) is 7.59. The van der Waals surface area contributed by atoms with E-state index in [2.05, 4.69) is 26.2 Å². The Morgan fingerprint density at radius 1 is 1.32 bits per heavy atom. The Labute approximate surface area is 138 Å². The summed E-state index contributed by atoms with van der Waals surface area (Å²) < 4.78 is 11.7. The van der Waals surface area contributed by atoms with Gasteiger partial charge in [0.2, 0.25) is 0 Å². The Hall–Kier alpha value is -1.66. The number of nitrogens with one attached hydrogen (secondary N) is 1. The number of carbonyl (C=O) groups is 1. The van der Waals surface area contributed by atoms with Crippen molar-refractivity contribution in [3.63, 3.8) is 0 Å². The maximum atomic E-state index is 12.1. The summed E-state index contributed by atoms with van der Waals surface area (Å²) in [6.07, 6.45) is 0.553. The molecule has 1 heterocycles. The van der Waals surface area contributed by atoms with Crippen molar-refractivity contribution < 1.29 is 14.3 Å². The van der Waals surface area contributed by atoms with E-state index in [1.807, 2.05) is 45.0 Å². The number of pyridine rings is 1. The molecule has 0 aliphatic rings. The number of benzene rings is 1. The first-order valence-electron chi connectivity index (χ1n) is 6.85. The summed E-state index contributed by atoms with van der Waals surface area (Å²) in [7, 11) is 1.43. The molecule has 1 aromatic heterocycles. The Balaban J connectivity index is 2.18. The normalized spacial score (nSPS) is 13.0. The summed E-state index contributed by atoms with van der Waals surface area (Å²) in [5, 5.41) is 3.73. The third-order valence-electron chi connectivity index (χ3n) is 2.79. The number of hydrogen-bond acceptors (Lipinski definition) is 4. The van der Waals surface area contributed by atoms with Gasteiger partial charge in [0.1, 0.15) is 5.75 Å². The first-order chi connectivity index (χ1) is 10.3. The average Bonchev–Trinajstić information content (AvgIpc) is 2.42. The maximum Gasteiger partial charge on any atom is 0.290 e. The highest BCUT2D eigenvalue weighted by atomic mass is 79.9. The smallest absolute Gasteiger partial charge is 0.290 e. The van der Waals surface area contributed by atoms with Crippen LogP contribution < -0.4 is 10.1 Å². The van der Waals surface area contributed by atoms with Crippen LogP contribution in [0.4, 0.5) is 0 Å². The second-order valence-electron chi connectivity index (χ2n) is 5.93. The van der Waals surface area contributed by atoms with Crippen LogP contribution in [0.15, 0.2) is 34.9 Å². The highest BCUT2D eigenvalue weighted by molar-refractivity contribution is 9.10. The molecule has 1 amide bonds. The molecule has 6 heteroatoms. The quantitative estimate of drug-likeness (QED) is 0.843. The van der Waals surface area contributed by atoms with Crippen LogP contribution in [0.2, 0.25) is 0 Å². The molecule has 0 spiro atoms. The highest BCUT2D eigenvalue weighted by Gasteiger charge is 2.24. The van der Waals surface area contributed by atoms with Crippen molar-refractivity contribution >= 4 is 32.7 Å². The van der Waals surface area contributed by atoms with Crippen molar-refractivity contribution in [3.8, 4) is 5.75 Å². The van der Waals surface area contributed by atoms with Crippen LogP contribution in [-0.2, 0) is 9.53 Å². The largest absolute Gasteiger partial charge is 0.454 e. The van der Waals surface area contributed by atoms with Crippen LogP contribution in [-0.4, -0.2) is 29.8 Å². The van der Waals surface area contributed by atoms with Crippen LogP contribution >= 0.6 is 15.9 Å². The van der Waals surface area contributed by atoms with E-state index in [-0.39, 0.29) is 11.4 Å². The molecule has 1 unspecified atom stereocenters. The summed E-state index contributed by atoms with van der Waals surface area (Å²) in [5.74, 6) is 0.144. The number of halogens is 1. The zero-order valence-corrected chi connectivity index (χ0v) is 14.6. The number of ether oxygens (including phenoxy) is 2. The first-order valence-corrected chi connectivity index (χ1v) is 7.64. The van der Waals surface area contributed by atoms with Crippen LogP contribution in [0.5, 0.6) is 5.75 Å². The molecule has 0 aliphatic carbocycles. The van der Waals surface area contributed by atoms with Gasteiger partial charge in [0, 0.05) is 22.5 Å². The number of amides is 1. The van der Waals surface area contributed by atoms with E-state index in [1.165, 1.54) is 7.11 Å². The molecule has 0 saturated carbocycles. The average molecular weight is 367 g/mol. The molecule has 2 aromatic rings. The van der Waals surface area contributed by atoms with Crippen LogP contribution in [0.25, 0.3) is 10.9 Å². The number of rotatable bonds is 4. The summed E-state index contributed by atoms with van der Waals surface area (Å²) in [4.78, 5) is 16.4. The summed E-state index contributed by atoms with van der Waals surface area (Å²) >= 11 is 3.42. The SMILES string of the molecule is COC(Oc1cnc2ccc(Br)cc2c1)C(=O)NC(C)(C)C. The van der Waals surface area contributed by atoms with Gasteiger partial charge in [0.15, 0.2) is 0 Å². The molecule has 1 aromatic carbocycles. The monoisotopic (exact) mass is 366 g/mol. The highest BCUT2D eigenvalue weighted by Crippen LogP contribution is 2.23. The Kier molecular flexibility index (Phi) is 5.03. The van der Waals surface area contributed by atoms with Gasteiger partial charge in [0.05, 0.1) is 11.7 Å². The van der Waals surface area contributed by atoms with Gasteiger partial charge in [-0.05, 0) is 45.0 Å². The minimum atomic E-state index is -1.02. The van der Waals surface area contributed by atoms with E-state index in [0.29, 0.717) is 5.75 Å². The molecule has 0 aliphatic heterocycles. The van der Waals surface area contributed by atoms with Gasteiger partial charge in [-0.1, -0.05) is 15.9 Å². The minimum absolute atomic E-state index is 0.329. The molecular formula is C16H19BrN2O3. The fourth-order valence-electron chi connectivity index (χ4n) is 1.91. The zero-order chi connectivity index (χ0) is 16.3. The van der Waals surface area contributed by atoms with Crippen LogP contribution in [0.1, 0.15) is 20.8 Å². The van der Waals surface area contributed by atoms with Crippen molar-refractivity contribution in [3.05, 3.63) is 34.9 Å². The van der Waals surface area contributed by atoms with Crippen molar-refractivity contribution in [1.29, 1.82) is 0 Å². The topological polar surface area (TPSA) is 60.5 Å². The second kappa shape index (κ2) is 6.62. The van der Waals surface area contributed by atoms with E-state index in [0.717, 1.165) is 15.4 Å². The van der Waals surface area contributed by atoms with E-state index in [4.69, 9.17) is 9.47 Å². The summed E-state index contributed by atoms with van der Waals surface area (Å²) in [5.41, 5.74) is 0.493. The van der Waals surface area contributed by atoms with Crippen molar-refractivity contribution in [2.45, 2.75) is 32.6 Å². The van der Waals surface area contributed by atoms with Gasteiger partial charge >= 0.3 is 0 Å². The van der Waals surface area contributed by atoms with Gasteiger partial charge in [-0.25, -0.2) is 0 Å². The lowest BCUT2D eigenvalue weighted by atomic mass is 10.1. The lowest BCUT2D eigenvalue weighted by Crippen LogP contribution is -2.48. The number of methoxy groups -OCH3 is 1. The lowest BCUT2D eigenvalue weighted by Gasteiger charge is -2.24. The fraction of sp³-hybridized carbons (Fsp3) is 0.375. The minimum Gasteiger partial charge on any atom is -0.454 e. The molecule has 2 rings (SSSR count). The molecule has 0 fully saturated rings. The number of aromatic nitrogens is 1. The van der Waals surface area contributed by atoms with Crippen molar-refractivity contribution in [2.75, 3.05) is 7.11 Å². The summed E-state index contributed by atoms with van der Waals surface area (Å²) in [6.45, 7) is 5.69. The number of hydrogen-bond donors (Lipinski definition) is 1. The Morgan fingerprint density at radius 2 is 2.05 bits per heavy atom. The Morgan fingerprint density at radius 3 is 2.68 bits per heavy atom. The molecule has 1 N–H and O–H groups in total. The van der Waals surface area contributed by atoms with E-state index >= 15 is 0 Å². The van der Waals surface area contributed by atoms with Gasteiger partial charge in [-0.3, -0.25) is 9.78 Å². The van der Waals surface area contributed by atoms with Crippen LogP contribution in [0.3, 0.4) is 0 Å². The van der Waals surface area contributed by atoms with E-state index in [1.54, 1.807) is 6.20 Å². The maximum absolute atomic E-state index is 12.1. The third kappa shape index (κ3) is 4.42. The van der Waals surface area contributed by atoms with E-state index in [9.17, 15) is 4.79 Å². The zero-order valence-electron chi connectivity index (χ0n) is 13.0. The van der Waals surface area contributed by atoms with Crippen molar-refractivity contribution in [1.82, 2.24) is 10.3 Å². The molecule has 1 atom stereocenters. The predicted molar refractivity (Wildman–Crippen MR) is 88.8 cm³/mol. The standard InChI is InChI=1S/C16H19BrN2O3/c1-16(2,3)19-14(20)15(21-4)22-12-8-10-7-11(17)5-6-13(10)18-9-12/h5-9,15H,1-4H3,(H,19,20).